The first-order valence-corrected chi connectivity index (χ1v) is 10.5. The second-order valence-corrected chi connectivity index (χ2v) is 8.51. The number of alkyl halides is 3. The smallest absolute Gasteiger partial charge is 0.345 e. The fourth-order valence-corrected chi connectivity index (χ4v) is 4.46. The van der Waals surface area contributed by atoms with E-state index in [-0.39, 0.29) is 10.6 Å². The lowest BCUT2D eigenvalue weighted by Gasteiger charge is -2.17. The van der Waals surface area contributed by atoms with Crippen molar-refractivity contribution in [1.29, 1.82) is 0 Å². The van der Waals surface area contributed by atoms with Crippen LogP contribution in [0.3, 0.4) is 0 Å². The summed E-state index contributed by atoms with van der Waals surface area (Å²) < 4.78 is 66.0. The molecule has 0 aliphatic rings. The number of hydrogen-bond donors (Lipinski definition) is 1. The van der Waals surface area contributed by atoms with Crippen LogP contribution in [0.4, 0.5) is 13.2 Å². The summed E-state index contributed by atoms with van der Waals surface area (Å²) >= 11 is 0. The Kier molecular flexibility index (Phi) is 6.79. The molecule has 1 atom stereocenters. The van der Waals surface area contributed by atoms with Crippen LogP contribution in [0.15, 0.2) is 41.4 Å². The highest BCUT2D eigenvalue weighted by Crippen LogP contribution is 2.30. The molecule has 0 spiro atoms. The van der Waals surface area contributed by atoms with E-state index in [4.69, 9.17) is 0 Å². The van der Waals surface area contributed by atoms with Crippen LogP contribution in [-0.2, 0) is 23.2 Å². The Morgan fingerprint density at radius 3 is 2.21 bits per heavy atom. The summed E-state index contributed by atoms with van der Waals surface area (Å²) in [5.74, 6) is -0.527. The SMILES string of the molecule is CCN(CC)S(=O)(=O)c1cc(C(=O)NC(C)c2ccc(C(F)(F)F)cc2)n(C)c1. The molecule has 0 bridgehead atoms. The first-order chi connectivity index (χ1) is 13.4. The Balaban J connectivity index is 2.20. The third-order valence-corrected chi connectivity index (χ3v) is 6.66. The monoisotopic (exact) mass is 431 g/mol. The third-order valence-electron chi connectivity index (χ3n) is 4.64. The zero-order valence-corrected chi connectivity index (χ0v) is 17.4. The minimum absolute atomic E-state index is 0.0102. The number of amides is 1. The minimum atomic E-state index is -4.43. The highest BCUT2D eigenvalue weighted by Gasteiger charge is 2.30. The van der Waals surface area contributed by atoms with Gasteiger partial charge in [0.1, 0.15) is 10.6 Å². The zero-order chi connectivity index (χ0) is 22.0. The van der Waals surface area contributed by atoms with Gasteiger partial charge >= 0.3 is 6.18 Å². The molecule has 1 unspecified atom stereocenters. The van der Waals surface area contributed by atoms with Crippen molar-refractivity contribution in [2.24, 2.45) is 7.05 Å². The number of carbonyl (C=O) groups is 1. The Morgan fingerprint density at radius 2 is 1.72 bits per heavy atom. The average Bonchev–Trinajstić information content (AvgIpc) is 3.04. The predicted octanol–water partition coefficient (Wildman–Crippen LogP) is 3.57. The van der Waals surface area contributed by atoms with Crippen LogP contribution >= 0.6 is 0 Å². The second kappa shape index (κ2) is 8.58. The van der Waals surface area contributed by atoms with Gasteiger partial charge in [0, 0.05) is 26.3 Å². The summed E-state index contributed by atoms with van der Waals surface area (Å²) in [5, 5.41) is 2.68. The number of aromatic nitrogens is 1. The number of nitrogens with one attached hydrogen (secondary N) is 1. The molecule has 0 saturated heterocycles. The van der Waals surface area contributed by atoms with Crippen LogP contribution in [0.2, 0.25) is 0 Å². The Labute approximate surface area is 168 Å². The van der Waals surface area contributed by atoms with E-state index in [1.807, 2.05) is 0 Å². The molecule has 0 radical (unpaired) electrons. The van der Waals surface area contributed by atoms with E-state index in [2.05, 4.69) is 5.32 Å². The number of aryl methyl sites for hydroxylation is 1. The molecule has 2 rings (SSSR count). The summed E-state index contributed by atoms with van der Waals surface area (Å²) in [4.78, 5) is 12.6. The van der Waals surface area contributed by atoms with Crippen LogP contribution in [-0.4, -0.2) is 36.3 Å². The number of hydrogen-bond acceptors (Lipinski definition) is 3. The van der Waals surface area contributed by atoms with Gasteiger partial charge in [-0.15, -0.1) is 0 Å². The molecule has 0 aliphatic heterocycles. The molecule has 1 aromatic carbocycles. The van der Waals surface area contributed by atoms with E-state index in [0.717, 1.165) is 12.1 Å². The zero-order valence-electron chi connectivity index (χ0n) is 16.6. The van der Waals surface area contributed by atoms with Gasteiger partial charge in [-0.3, -0.25) is 4.79 Å². The lowest BCUT2D eigenvalue weighted by molar-refractivity contribution is -0.137. The Bertz CT molecular complexity index is 963. The van der Waals surface area contributed by atoms with Crippen molar-refractivity contribution in [2.45, 2.75) is 37.9 Å². The minimum Gasteiger partial charge on any atom is -0.345 e. The molecule has 10 heteroatoms. The molecule has 0 aliphatic carbocycles. The fourth-order valence-electron chi connectivity index (χ4n) is 2.93. The van der Waals surface area contributed by atoms with Crippen molar-refractivity contribution in [3.05, 3.63) is 53.3 Å². The molecule has 6 nitrogen and oxygen atoms in total. The number of rotatable bonds is 7. The number of halogens is 3. The number of nitrogens with zero attached hydrogens (tertiary/aromatic N) is 2. The molecular formula is C19H24F3N3O3S. The quantitative estimate of drug-likeness (QED) is 0.729. The summed E-state index contributed by atoms with van der Waals surface area (Å²) in [6.45, 7) is 5.70. The third kappa shape index (κ3) is 4.99. The lowest BCUT2D eigenvalue weighted by atomic mass is 10.1. The first-order valence-electron chi connectivity index (χ1n) is 9.06. The molecule has 1 heterocycles. The van der Waals surface area contributed by atoms with Crippen molar-refractivity contribution in [1.82, 2.24) is 14.2 Å². The fraction of sp³-hybridized carbons (Fsp3) is 0.421. The first kappa shape index (κ1) is 23.0. The Morgan fingerprint density at radius 1 is 1.17 bits per heavy atom. The molecule has 1 amide bonds. The highest BCUT2D eigenvalue weighted by molar-refractivity contribution is 7.89. The molecular weight excluding hydrogens is 407 g/mol. The maximum Gasteiger partial charge on any atom is 0.416 e. The van der Waals surface area contributed by atoms with E-state index in [1.165, 1.54) is 33.3 Å². The topological polar surface area (TPSA) is 71.4 Å². The largest absolute Gasteiger partial charge is 0.416 e. The number of benzene rings is 1. The van der Waals surface area contributed by atoms with Gasteiger partial charge in [0.05, 0.1) is 11.6 Å². The van der Waals surface area contributed by atoms with Gasteiger partial charge in [-0.2, -0.15) is 17.5 Å². The summed E-state index contributed by atoms with van der Waals surface area (Å²) in [6.07, 6.45) is -3.06. The number of carbonyl (C=O) groups excluding carboxylic acids is 1. The van der Waals surface area contributed by atoms with Gasteiger partial charge in [-0.25, -0.2) is 8.42 Å². The van der Waals surface area contributed by atoms with Gasteiger partial charge < -0.3 is 9.88 Å². The standard InChI is InChI=1S/C19H24F3N3O3S/c1-5-25(6-2)29(27,28)16-11-17(24(4)12-16)18(26)23-13(3)14-7-9-15(10-8-14)19(20,21)22/h7-13H,5-6H2,1-4H3,(H,23,26). The van der Waals surface area contributed by atoms with Crippen LogP contribution in [0, 0.1) is 0 Å². The van der Waals surface area contributed by atoms with Gasteiger partial charge in [0.25, 0.3) is 5.91 Å². The van der Waals surface area contributed by atoms with Crippen molar-refractivity contribution >= 4 is 15.9 Å². The molecule has 160 valence electrons. The molecule has 0 saturated carbocycles. The van der Waals surface area contributed by atoms with Crippen molar-refractivity contribution in [2.75, 3.05) is 13.1 Å². The van der Waals surface area contributed by atoms with E-state index in [1.54, 1.807) is 27.8 Å². The van der Waals surface area contributed by atoms with Crippen molar-refractivity contribution in [3.63, 3.8) is 0 Å². The van der Waals surface area contributed by atoms with Gasteiger partial charge in [-0.05, 0) is 30.7 Å². The lowest BCUT2D eigenvalue weighted by Crippen LogP contribution is -2.30. The van der Waals surface area contributed by atoms with E-state index in [9.17, 15) is 26.4 Å². The van der Waals surface area contributed by atoms with E-state index < -0.39 is 33.7 Å². The Hall–Kier alpha value is -2.33. The normalized spacial score (nSPS) is 13.5. The van der Waals surface area contributed by atoms with Gasteiger partial charge in [0.15, 0.2) is 0 Å². The van der Waals surface area contributed by atoms with E-state index >= 15 is 0 Å². The predicted molar refractivity (Wildman–Crippen MR) is 103 cm³/mol. The highest BCUT2D eigenvalue weighted by atomic mass is 32.2. The molecule has 0 fully saturated rings. The van der Waals surface area contributed by atoms with Crippen LogP contribution in [0.5, 0.6) is 0 Å². The summed E-state index contributed by atoms with van der Waals surface area (Å²) in [6, 6.07) is 5.24. The molecule has 29 heavy (non-hydrogen) atoms. The molecule has 1 N–H and O–H groups in total. The molecule has 1 aromatic heterocycles. The van der Waals surface area contributed by atoms with Crippen molar-refractivity contribution < 1.29 is 26.4 Å². The van der Waals surface area contributed by atoms with Crippen LogP contribution < -0.4 is 5.32 Å². The second-order valence-electron chi connectivity index (χ2n) is 6.58. The van der Waals surface area contributed by atoms with Crippen molar-refractivity contribution in [3.8, 4) is 0 Å². The number of sulfonamides is 1. The maximum atomic E-state index is 12.7. The summed E-state index contributed by atoms with van der Waals surface area (Å²) in [7, 11) is -2.16. The van der Waals surface area contributed by atoms with Gasteiger partial charge in [0.2, 0.25) is 10.0 Å². The van der Waals surface area contributed by atoms with Gasteiger partial charge in [-0.1, -0.05) is 26.0 Å². The maximum absolute atomic E-state index is 12.7. The average molecular weight is 431 g/mol. The van der Waals surface area contributed by atoms with E-state index in [0.29, 0.717) is 18.7 Å². The van der Waals surface area contributed by atoms with Crippen LogP contribution in [0.25, 0.3) is 0 Å². The summed E-state index contributed by atoms with van der Waals surface area (Å²) in [5.41, 5.74) is -0.139. The molecule has 2 aromatic rings. The van der Waals surface area contributed by atoms with Crippen LogP contribution in [0.1, 0.15) is 48.4 Å².